The van der Waals surface area contributed by atoms with Crippen molar-refractivity contribution in [1.82, 2.24) is 0 Å². The summed E-state index contributed by atoms with van der Waals surface area (Å²) in [5.74, 6) is -2.26. The maximum atomic E-state index is 12.7. The van der Waals surface area contributed by atoms with Gasteiger partial charge in [0.05, 0.1) is 23.3 Å². The van der Waals surface area contributed by atoms with Gasteiger partial charge in [-0.3, -0.25) is 0 Å². The lowest BCUT2D eigenvalue weighted by atomic mass is 10.0. The number of hydrogen-bond donors (Lipinski definition) is 1. The lowest BCUT2D eigenvalue weighted by Gasteiger charge is -2.14. The van der Waals surface area contributed by atoms with Crippen molar-refractivity contribution < 1.29 is 33.7 Å². The van der Waals surface area contributed by atoms with E-state index in [4.69, 9.17) is 14.2 Å². The number of alkyl halides is 1. The molecule has 0 heterocycles. The molecule has 0 aromatic heterocycles. The van der Waals surface area contributed by atoms with Crippen LogP contribution in [0.1, 0.15) is 63.0 Å². The van der Waals surface area contributed by atoms with Gasteiger partial charge in [-0.1, -0.05) is 97.1 Å². The van der Waals surface area contributed by atoms with E-state index < -0.39 is 30.6 Å². The molecular weight excluding hydrogens is 587 g/mol. The van der Waals surface area contributed by atoms with Crippen LogP contribution in [0.15, 0.2) is 78.9 Å². The van der Waals surface area contributed by atoms with Gasteiger partial charge < -0.3 is 19.3 Å². The van der Waals surface area contributed by atoms with Crippen LogP contribution < -0.4 is 0 Å². The van der Waals surface area contributed by atoms with Crippen molar-refractivity contribution in [2.75, 3.05) is 6.61 Å². The first kappa shape index (κ1) is 30.0. The summed E-state index contributed by atoms with van der Waals surface area (Å²) in [6.45, 7) is 5.49. The van der Waals surface area contributed by atoms with Crippen molar-refractivity contribution in [3.05, 3.63) is 107 Å². The number of carbonyl (C=O) groups excluding carboxylic acids is 3. The smallest absolute Gasteiger partial charge is 0.339 e. The molecular formula is C29H31IO7. The highest BCUT2D eigenvalue weighted by Crippen LogP contribution is 2.18. The molecule has 8 heteroatoms. The second kappa shape index (κ2) is 15.8. The van der Waals surface area contributed by atoms with Crippen LogP contribution in [0.3, 0.4) is 0 Å². The Kier molecular flexibility index (Phi) is 12.8. The minimum absolute atomic E-state index is 0.0159. The van der Waals surface area contributed by atoms with E-state index in [9.17, 15) is 19.5 Å². The zero-order valence-electron chi connectivity index (χ0n) is 21.1. The molecule has 0 amide bonds. The van der Waals surface area contributed by atoms with E-state index in [2.05, 4.69) is 36.4 Å². The second-order valence-corrected chi connectivity index (χ2v) is 10.8. The van der Waals surface area contributed by atoms with Crippen LogP contribution in [-0.4, -0.2) is 39.6 Å². The Balaban J connectivity index is 0.00000112. The quantitative estimate of drug-likeness (QED) is 0.141. The largest absolute Gasteiger partial charge is 0.457 e. The van der Waals surface area contributed by atoms with E-state index in [0.29, 0.717) is 0 Å². The monoisotopic (exact) mass is 618 g/mol. The van der Waals surface area contributed by atoms with Crippen LogP contribution in [0.2, 0.25) is 0 Å². The van der Waals surface area contributed by atoms with Gasteiger partial charge in [0, 0.05) is 3.92 Å². The molecule has 1 atom stereocenters. The van der Waals surface area contributed by atoms with E-state index in [-0.39, 0.29) is 29.9 Å². The Morgan fingerprint density at radius 3 is 1.70 bits per heavy atom. The Morgan fingerprint density at radius 2 is 1.22 bits per heavy atom. The number of aliphatic hydroxyl groups is 1. The lowest BCUT2D eigenvalue weighted by molar-refractivity contribution is 0.0189. The fraction of sp³-hybridized carbons (Fsp3) is 0.276. The standard InChI is InChI=1S/C26H24O7.C3H7I/c1-18(15-27)33-26(30)23-14-21(24(28)31-16-19-8-4-2-5-9-19)12-13-22(23)25(29)32-17-20-10-6-3-7-11-20;1-3(2)4/h2-14,18,27H,15-17H2,1H3;3H,1-2H3. The van der Waals surface area contributed by atoms with Crippen molar-refractivity contribution in [2.45, 2.75) is 44.0 Å². The first-order valence-electron chi connectivity index (χ1n) is 11.7. The third-order valence-electron chi connectivity index (χ3n) is 4.69. The highest BCUT2D eigenvalue weighted by molar-refractivity contribution is 14.1. The average Bonchev–Trinajstić information content (AvgIpc) is 2.90. The SMILES string of the molecule is CC(C)I.CC(CO)OC(=O)c1cc(C(=O)OCc2ccccc2)ccc1C(=O)OCc1ccccc1. The summed E-state index contributed by atoms with van der Waals surface area (Å²) >= 11 is 2.34. The fourth-order valence-corrected chi connectivity index (χ4v) is 2.91. The van der Waals surface area contributed by atoms with E-state index in [1.54, 1.807) is 12.1 Å². The highest BCUT2D eigenvalue weighted by Gasteiger charge is 2.23. The van der Waals surface area contributed by atoms with Gasteiger partial charge in [-0.2, -0.15) is 0 Å². The zero-order valence-corrected chi connectivity index (χ0v) is 23.2. The fourth-order valence-electron chi connectivity index (χ4n) is 2.91. The van der Waals surface area contributed by atoms with Gasteiger partial charge in [0.15, 0.2) is 0 Å². The molecule has 0 aliphatic carbocycles. The summed E-state index contributed by atoms with van der Waals surface area (Å²) in [6, 6.07) is 22.2. The minimum atomic E-state index is -0.860. The molecule has 0 aliphatic rings. The molecule has 0 fully saturated rings. The van der Waals surface area contributed by atoms with Crippen molar-refractivity contribution in [2.24, 2.45) is 0 Å². The Bertz CT molecular complexity index is 1140. The van der Waals surface area contributed by atoms with Crippen molar-refractivity contribution >= 4 is 40.5 Å². The first-order valence-corrected chi connectivity index (χ1v) is 13.0. The molecule has 37 heavy (non-hydrogen) atoms. The van der Waals surface area contributed by atoms with Crippen LogP contribution in [0.5, 0.6) is 0 Å². The van der Waals surface area contributed by atoms with Crippen LogP contribution >= 0.6 is 22.6 Å². The predicted molar refractivity (Wildman–Crippen MR) is 149 cm³/mol. The van der Waals surface area contributed by atoms with E-state index in [1.807, 2.05) is 48.5 Å². The third kappa shape index (κ3) is 10.7. The molecule has 0 spiro atoms. The number of rotatable bonds is 9. The Labute approximate surface area is 230 Å². The van der Waals surface area contributed by atoms with Gasteiger partial charge in [0.1, 0.15) is 19.3 Å². The van der Waals surface area contributed by atoms with E-state index in [1.165, 1.54) is 25.1 Å². The first-order chi connectivity index (χ1) is 17.7. The molecule has 3 rings (SSSR count). The van der Waals surface area contributed by atoms with Gasteiger partial charge in [-0.15, -0.1) is 0 Å². The van der Waals surface area contributed by atoms with Crippen LogP contribution in [0, 0.1) is 0 Å². The maximum absolute atomic E-state index is 12.7. The summed E-state index contributed by atoms with van der Waals surface area (Å²) in [5.41, 5.74) is 1.46. The molecule has 0 saturated heterocycles. The summed E-state index contributed by atoms with van der Waals surface area (Å²) in [6.07, 6.45) is -0.792. The third-order valence-corrected chi connectivity index (χ3v) is 4.69. The lowest BCUT2D eigenvalue weighted by Crippen LogP contribution is -2.21. The summed E-state index contributed by atoms with van der Waals surface area (Å²) < 4.78 is 16.6. The van der Waals surface area contributed by atoms with Crippen LogP contribution in [-0.2, 0) is 27.4 Å². The Hall–Kier alpha value is -3.24. The number of aliphatic hydroxyl groups excluding tert-OH is 1. The molecule has 3 aromatic rings. The normalized spacial score (nSPS) is 11.1. The van der Waals surface area contributed by atoms with Crippen molar-refractivity contribution in [1.29, 1.82) is 0 Å². The summed E-state index contributed by atoms with van der Waals surface area (Å²) in [4.78, 5) is 37.9. The van der Waals surface area contributed by atoms with Gasteiger partial charge in [0.25, 0.3) is 0 Å². The van der Waals surface area contributed by atoms with E-state index in [0.717, 1.165) is 15.1 Å². The van der Waals surface area contributed by atoms with Crippen molar-refractivity contribution in [3.8, 4) is 0 Å². The average molecular weight is 618 g/mol. The molecule has 0 radical (unpaired) electrons. The minimum Gasteiger partial charge on any atom is -0.457 e. The zero-order chi connectivity index (χ0) is 27.2. The van der Waals surface area contributed by atoms with Gasteiger partial charge >= 0.3 is 17.9 Å². The maximum Gasteiger partial charge on any atom is 0.339 e. The number of esters is 3. The van der Waals surface area contributed by atoms with Crippen molar-refractivity contribution in [3.63, 3.8) is 0 Å². The van der Waals surface area contributed by atoms with Crippen LogP contribution in [0.4, 0.5) is 0 Å². The number of benzene rings is 3. The van der Waals surface area contributed by atoms with E-state index >= 15 is 0 Å². The molecule has 196 valence electrons. The number of hydrogen-bond acceptors (Lipinski definition) is 7. The Morgan fingerprint density at radius 1 is 0.730 bits per heavy atom. The topological polar surface area (TPSA) is 99.1 Å². The number of carbonyl (C=O) groups is 3. The van der Waals surface area contributed by atoms with Gasteiger partial charge in [0.2, 0.25) is 0 Å². The van der Waals surface area contributed by atoms with Crippen LogP contribution in [0.25, 0.3) is 0 Å². The highest BCUT2D eigenvalue weighted by atomic mass is 127. The molecule has 3 aromatic carbocycles. The molecule has 0 bridgehead atoms. The number of ether oxygens (including phenoxy) is 3. The number of halogens is 1. The molecule has 7 nitrogen and oxygen atoms in total. The van der Waals surface area contributed by atoms with Gasteiger partial charge in [-0.05, 0) is 36.2 Å². The van der Waals surface area contributed by atoms with Gasteiger partial charge in [-0.25, -0.2) is 14.4 Å². The summed E-state index contributed by atoms with van der Waals surface area (Å²) in [5, 5.41) is 9.20. The molecule has 1 N–H and O–H groups in total. The molecule has 0 aliphatic heterocycles. The second-order valence-electron chi connectivity index (χ2n) is 8.30. The molecule has 0 saturated carbocycles. The molecule has 1 unspecified atom stereocenters. The predicted octanol–water partition coefficient (Wildman–Crippen LogP) is 5.77. The summed E-state index contributed by atoms with van der Waals surface area (Å²) in [7, 11) is 0.